The Labute approximate surface area is 160 Å². The molecule has 1 aromatic carbocycles. The van der Waals surface area contributed by atoms with Crippen molar-refractivity contribution in [1.82, 2.24) is 4.90 Å². The summed E-state index contributed by atoms with van der Waals surface area (Å²) < 4.78 is 36.1. The number of rotatable bonds is 7. The normalized spacial score (nSPS) is 15.0. The lowest BCUT2D eigenvalue weighted by atomic mass is 10.1. The molecule has 6 heteroatoms. The van der Waals surface area contributed by atoms with E-state index in [2.05, 4.69) is 6.58 Å². The molecule has 2 rings (SSSR count). The Morgan fingerprint density at radius 3 is 2.56 bits per heavy atom. The minimum absolute atomic E-state index is 0.0789. The van der Waals surface area contributed by atoms with Gasteiger partial charge in [-0.3, -0.25) is 0 Å². The van der Waals surface area contributed by atoms with Crippen LogP contribution in [0.2, 0.25) is 0 Å². The quantitative estimate of drug-likeness (QED) is 0.612. The summed E-state index contributed by atoms with van der Waals surface area (Å²) in [4.78, 5) is 14.5. The number of amides is 1. The molecule has 0 unspecified atom stereocenters. The summed E-state index contributed by atoms with van der Waals surface area (Å²) in [6, 6.07) is 5.30. The highest BCUT2D eigenvalue weighted by Crippen LogP contribution is 2.30. The van der Waals surface area contributed by atoms with Crippen LogP contribution in [0.1, 0.15) is 57.6 Å². The van der Waals surface area contributed by atoms with Gasteiger partial charge in [0.15, 0.2) is 0 Å². The van der Waals surface area contributed by atoms with E-state index < -0.39 is 24.7 Å². The first kappa shape index (κ1) is 21.2. The highest BCUT2D eigenvalue weighted by atomic mass is 19.3. The van der Waals surface area contributed by atoms with Crippen LogP contribution >= 0.6 is 0 Å². The Balaban J connectivity index is 2.28. The SMILES string of the molecule is C=Cc1ccc(OCC(F)F)c(CN(C(=O)OC(C)(C)C)C2CCCC2)c1. The van der Waals surface area contributed by atoms with Crippen LogP contribution in [-0.4, -0.2) is 35.7 Å². The first-order chi connectivity index (χ1) is 12.7. The van der Waals surface area contributed by atoms with Gasteiger partial charge in [-0.1, -0.05) is 31.6 Å². The van der Waals surface area contributed by atoms with Gasteiger partial charge in [-0.2, -0.15) is 0 Å². The van der Waals surface area contributed by atoms with Crippen LogP contribution < -0.4 is 4.74 Å². The molecule has 1 aromatic rings. The summed E-state index contributed by atoms with van der Waals surface area (Å²) >= 11 is 0. The second-order valence-corrected chi connectivity index (χ2v) is 7.82. The van der Waals surface area contributed by atoms with Crippen LogP contribution in [0.4, 0.5) is 13.6 Å². The Kier molecular flexibility index (Phi) is 7.22. The van der Waals surface area contributed by atoms with E-state index in [1.807, 2.05) is 26.8 Å². The van der Waals surface area contributed by atoms with Crippen molar-refractivity contribution in [2.75, 3.05) is 6.61 Å². The highest BCUT2D eigenvalue weighted by molar-refractivity contribution is 5.69. The third-order valence-corrected chi connectivity index (χ3v) is 4.42. The van der Waals surface area contributed by atoms with Gasteiger partial charge in [-0.15, -0.1) is 0 Å². The molecule has 0 spiro atoms. The summed E-state index contributed by atoms with van der Waals surface area (Å²) in [6.07, 6.45) is 2.66. The van der Waals surface area contributed by atoms with E-state index in [-0.39, 0.29) is 12.6 Å². The average Bonchev–Trinajstić information content (AvgIpc) is 3.10. The zero-order valence-corrected chi connectivity index (χ0v) is 16.3. The molecule has 0 bridgehead atoms. The number of ether oxygens (including phenoxy) is 2. The number of halogens is 2. The molecule has 0 N–H and O–H groups in total. The number of carbonyl (C=O) groups is 1. The van der Waals surface area contributed by atoms with Crippen molar-refractivity contribution in [3.63, 3.8) is 0 Å². The van der Waals surface area contributed by atoms with Gasteiger partial charge in [-0.25, -0.2) is 13.6 Å². The topological polar surface area (TPSA) is 38.8 Å². The Bertz CT molecular complexity index is 649. The van der Waals surface area contributed by atoms with Crippen molar-refractivity contribution >= 4 is 12.2 Å². The number of hydrogen-bond donors (Lipinski definition) is 0. The fourth-order valence-corrected chi connectivity index (χ4v) is 3.21. The predicted molar refractivity (Wildman–Crippen MR) is 102 cm³/mol. The van der Waals surface area contributed by atoms with Gasteiger partial charge in [0.25, 0.3) is 6.43 Å². The monoisotopic (exact) mass is 381 g/mol. The number of hydrogen-bond acceptors (Lipinski definition) is 3. The highest BCUT2D eigenvalue weighted by Gasteiger charge is 2.31. The lowest BCUT2D eigenvalue weighted by Gasteiger charge is -2.32. The minimum atomic E-state index is -2.56. The average molecular weight is 381 g/mol. The van der Waals surface area contributed by atoms with E-state index in [1.54, 1.807) is 23.1 Å². The molecule has 0 heterocycles. The molecule has 0 aromatic heterocycles. The number of alkyl halides is 2. The zero-order chi connectivity index (χ0) is 20.0. The standard InChI is InChI=1S/C21H29F2NO3/c1-5-15-10-11-18(26-14-19(22)23)16(12-15)13-24(17-8-6-7-9-17)20(25)27-21(2,3)4/h5,10-12,17,19H,1,6-9,13-14H2,2-4H3. The van der Waals surface area contributed by atoms with Crippen molar-refractivity contribution in [2.24, 2.45) is 0 Å². The summed E-state index contributed by atoms with van der Waals surface area (Å²) in [6.45, 7) is 8.80. The smallest absolute Gasteiger partial charge is 0.410 e. The van der Waals surface area contributed by atoms with Gasteiger partial charge < -0.3 is 14.4 Å². The molecule has 1 saturated carbocycles. The van der Waals surface area contributed by atoms with Crippen LogP contribution in [0.25, 0.3) is 6.08 Å². The lowest BCUT2D eigenvalue weighted by Crippen LogP contribution is -2.42. The van der Waals surface area contributed by atoms with Gasteiger partial charge in [0.2, 0.25) is 0 Å². The molecule has 1 aliphatic rings. The van der Waals surface area contributed by atoms with Gasteiger partial charge in [-0.05, 0) is 51.3 Å². The third-order valence-electron chi connectivity index (χ3n) is 4.42. The minimum Gasteiger partial charge on any atom is -0.487 e. The lowest BCUT2D eigenvalue weighted by molar-refractivity contribution is 0.0141. The molecule has 1 aliphatic carbocycles. The molecule has 4 nitrogen and oxygen atoms in total. The third kappa shape index (κ3) is 6.52. The molecule has 1 amide bonds. The van der Waals surface area contributed by atoms with Crippen LogP contribution in [0.3, 0.4) is 0 Å². The van der Waals surface area contributed by atoms with E-state index in [1.165, 1.54) is 0 Å². The van der Waals surface area contributed by atoms with E-state index in [4.69, 9.17) is 9.47 Å². The Hall–Kier alpha value is -2.11. The van der Waals surface area contributed by atoms with E-state index in [0.717, 1.165) is 31.2 Å². The maximum atomic E-state index is 12.8. The zero-order valence-electron chi connectivity index (χ0n) is 16.3. The number of carbonyl (C=O) groups excluding carboxylic acids is 1. The molecule has 27 heavy (non-hydrogen) atoms. The first-order valence-electron chi connectivity index (χ1n) is 9.35. The summed E-state index contributed by atoms with van der Waals surface area (Å²) in [7, 11) is 0. The number of nitrogens with zero attached hydrogens (tertiary/aromatic N) is 1. The fourth-order valence-electron chi connectivity index (χ4n) is 3.21. The Morgan fingerprint density at radius 2 is 2.00 bits per heavy atom. The summed E-state index contributed by atoms with van der Waals surface area (Å²) in [5.41, 5.74) is 0.905. The molecule has 0 aliphatic heterocycles. The molecule has 0 saturated heterocycles. The van der Waals surface area contributed by atoms with Crippen molar-refractivity contribution in [2.45, 2.75) is 71.1 Å². The molecule has 0 atom stereocenters. The predicted octanol–water partition coefficient (Wildman–Crippen LogP) is 5.65. The number of benzene rings is 1. The van der Waals surface area contributed by atoms with Gasteiger partial charge in [0.1, 0.15) is 18.0 Å². The maximum Gasteiger partial charge on any atom is 0.410 e. The molecule has 1 fully saturated rings. The molecule has 150 valence electrons. The summed E-state index contributed by atoms with van der Waals surface area (Å²) in [5, 5.41) is 0. The van der Waals surface area contributed by atoms with Crippen LogP contribution in [0, 0.1) is 0 Å². The van der Waals surface area contributed by atoms with Gasteiger partial charge >= 0.3 is 6.09 Å². The van der Waals surface area contributed by atoms with Crippen molar-refractivity contribution in [1.29, 1.82) is 0 Å². The fraction of sp³-hybridized carbons (Fsp3) is 0.571. The maximum absolute atomic E-state index is 12.8. The van der Waals surface area contributed by atoms with Crippen LogP contribution in [0.15, 0.2) is 24.8 Å². The van der Waals surface area contributed by atoms with Gasteiger partial charge in [0.05, 0.1) is 6.54 Å². The van der Waals surface area contributed by atoms with E-state index in [0.29, 0.717) is 11.3 Å². The molecular formula is C21H29F2NO3. The van der Waals surface area contributed by atoms with Gasteiger partial charge in [0, 0.05) is 11.6 Å². The van der Waals surface area contributed by atoms with Crippen LogP contribution in [-0.2, 0) is 11.3 Å². The second kappa shape index (κ2) is 9.20. The van der Waals surface area contributed by atoms with Crippen LogP contribution in [0.5, 0.6) is 5.75 Å². The second-order valence-electron chi connectivity index (χ2n) is 7.82. The van der Waals surface area contributed by atoms with E-state index in [9.17, 15) is 13.6 Å². The summed E-state index contributed by atoms with van der Waals surface area (Å²) in [5.74, 6) is 0.354. The largest absolute Gasteiger partial charge is 0.487 e. The Morgan fingerprint density at radius 1 is 1.33 bits per heavy atom. The first-order valence-corrected chi connectivity index (χ1v) is 9.35. The molecule has 0 radical (unpaired) electrons. The van der Waals surface area contributed by atoms with Crippen molar-refractivity contribution in [3.8, 4) is 5.75 Å². The molecular weight excluding hydrogens is 352 g/mol. The van der Waals surface area contributed by atoms with Crippen molar-refractivity contribution < 1.29 is 23.0 Å². The van der Waals surface area contributed by atoms with Crippen molar-refractivity contribution in [3.05, 3.63) is 35.9 Å². The van der Waals surface area contributed by atoms with E-state index >= 15 is 0 Å².